The Hall–Kier alpha value is -0.180. The molecule has 2 unspecified atom stereocenters. The lowest BCUT2D eigenvalue weighted by Crippen LogP contribution is -2.12. The van der Waals surface area contributed by atoms with E-state index in [0.29, 0.717) is 13.0 Å². The molecule has 0 aromatic heterocycles. The molecule has 2 aliphatic rings. The van der Waals surface area contributed by atoms with Crippen LogP contribution in [-0.4, -0.2) is 25.4 Å². The first-order valence-electron chi connectivity index (χ1n) is 3.26. The minimum absolute atomic E-state index is 0.537. The van der Waals surface area contributed by atoms with Crippen molar-refractivity contribution in [2.45, 2.75) is 18.8 Å². The lowest BCUT2D eigenvalue weighted by Gasteiger charge is -1.98. The summed E-state index contributed by atoms with van der Waals surface area (Å²) in [7, 11) is 0. The van der Waals surface area contributed by atoms with Gasteiger partial charge in [0.15, 0.2) is 0 Å². The Labute approximate surface area is 52.4 Å². The molecule has 2 atom stereocenters. The fraction of sp³-hybridized carbons (Fsp3) is 1.00. The summed E-state index contributed by atoms with van der Waals surface area (Å²) < 4.78 is 24.9. The summed E-state index contributed by atoms with van der Waals surface area (Å²) in [6.45, 7) is 1.32. The van der Waals surface area contributed by atoms with Gasteiger partial charge in [0.05, 0.1) is 5.41 Å². The van der Waals surface area contributed by atoms with Gasteiger partial charge in [-0.25, -0.2) is 8.78 Å². The van der Waals surface area contributed by atoms with Crippen LogP contribution in [0.3, 0.4) is 0 Å². The predicted octanol–water partition coefficient (Wildman–Crippen LogP) is 0.656. The summed E-state index contributed by atoms with van der Waals surface area (Å²) in [6, 6.07) is 0. The van der Waals surface area contributed by atoms with Gasteiger partial charge < -0.3 is 5.32 Å². The molecule has 52 valence electrons. The Morgan fingerprint density at radius 2 is 2.00 bits per heavy atom. The molecular weight excluding hydrogens is 124 g/mol. The SMILES string of the molecule is FC1C(F)C12CCNC2. The molecular formula is C6H9F2N. The van der Waals surface area contributed by atoms with Gasteiger partial charge in [-0.3, -0.25) is 0 Å². The summed E-state index contributed by atoms with van der Waals surface area (Å²) in [5.41, 5.74) is -0.583. The molecule has 3 heteroatoms. The van der Waals surface area contributed by atoms with Crippen molar-refractivity contribution in [3.05, 3.63) is 0 Å². The van der Waals surface area contributed by atoms with Gasteiger partial charge in [-0.1, -0.05) is 0 Å². The van der Waals surface area contributed by atoms with Crippen molar-refractivity contribution < 1.29 is 8.78 Å². The monoisotopic (exact) mass is 133 g/mol. The van der Waals surface area contributed by atoms with Gasteiger partial charge >= 0.3 is 0 Å². The summed E-state index contributed by atoms with van der Waals surface area (Å²) in [4.78, 5) is 0. The van der Waals surface area contributed by atoms with Crippen molar-refractivity contribution in [2.24, 2.45) is 5.41 Å². The van der Waals surface area contributed by atoms with Crippen LogP contribution in [0.2, 0.25) is 0 Å². The van der Waals surface area contributed by atoms with Gasteiger partial charge in [0.1, 0.15) is 12.3 Å². The fourth-order valence-corrected chi connectivity index (χ4v) is 1.59. The molecule has 0 aromatic carbocycles. The first-order chi connectivity index (χ1) is 4.27. The maximum Gasteiger partial charge on any atom is 0.142 e. The maximum absolute atomic E-state index is 12.4. The Kier molecular flexibility index (Phi) is 0.903. The highest BCUT2D eigenvalue weighted by atomic mass is 19.2. The van der Waals surface area contributed by atoms with E-state index >= 15 is 0 Å². The zero-order valence-corrected chi connectivity index (χ0v) is 5.03. The van der Waals surface area contributed by atoms with E-state index < -0.39 is 17.8 Å². The zero-order chi connectivity index (χ0) is 6.48. The molecule has 0 radical (unpaired) electrons. The highest BCUT2D eigenvalue weighted by Crippen LogP contribution is 2.55. The molecule has 0 aromatic rings. The number of halogens is 2. The number of alkyl halides is 2. The second-order valence-electron chi connectivity index (χ2n) is 2.96. The third-order valence-corrected chi connectivity index (χ3v) is 2.47. The van der Waals surface area contributed by atoms with E-state index in [1.807, 2.05) is 0 Å². The normalized spacial score (nSPS) is 56.7. The van der Waals surface area contributed by atoms with Gasteiger partial charge in [-0.2, -0.15) is 0 Å². The molecule has 9 heavy (non-hydrogen) atoms. The number of nitrogens with one attached hydrogen (secondary N) is 1. The molecule has 1 heterocycles. The van der Waals surface area contributed by atoms with Crippen molar-refractivity contribution in [2.75, 3.05) is 13.1 Å². The standard InChI is InChI=1S/C6H9F2N/c7-4-5(8)6(4)1-2-9-3-6/h4-5,9H,1-3H2. The Balaban J connectivity index is 2.11. The Morgan fingerprint density at radius 3 is 2.22 bits per heavy atom. The second kappa shape index (κ2) is 1.45. The van der Waals surface area contributed by atoms with Gasteiger partial charge in [0.25, 0.3) is 0 Å². The van der Waals surface area contributed by atoms with Gasteiger partial charge in [0.2, 0.25) is 0 Å². The van der Waals surface area contributed by atoms with E-state index in [4.69, 9.17) is 0 Å². The summed E-state index contributed by atoms with van der Waals surface area (Å²) in [5.74, 6) is 0. The smallest absolute Gasteiger partial charge is 0.142 e. The second-order valence-corrected chi connectivity index (χ2v) is 2.96. The molecule has 2 fully saturated rings. The number of hydrogen-bond acceptors (Lipinski definition) is 1. The predicted molar refractivity (Wildman–Crippen MR) is 29.7 cm³/mol. The van der Waals surface area contributed by atoms with E-state index in [-0.39, 0.29) is 0 Å². The van der Waals surface area contributed by atoms with Crippen LogP contribution in [0.1, 0.15) is 6.42 Å². The van der Waals surface area contributed by atoms with Crippen LogP contribution in [0.5, 0.6) is 0 Å². The molecule has 1 aliphatic heterocycles. The molecule has 1 spiro atoms. The van der Waals surface area contributed by atoms with Crippen molar-refractivity contribution in [3.63, 3.8) is 0 Å². The summed E-state index contributed by atoms with van der Waals surface area (Å²) in [6.07, 6.45) is -1.67. The average molecular weight is 133 g/mol. The summed E-state index contributed by atoms with van der Waals surface area (Å²) in [5, 5.41) is 2.96. The molecule has 2 rings (SSSR count). The minimum atomic E-state index is -1.17. The fourth-order valence-electron chi connectivity index (χ4n) is 1.59. The molecule has 1 saturated heterocycles. The Morgan fingerprint density at radius 1 is 1.33 bits per heavy atom. The molecule has 1 aliphatic carbocycles. The van der Waals surface area contributed by atoms with Crippen molar-refractivity contribution in [1.82, 2.24) is 5.32 Å². The van der Waals surface area contributed by atoms with Crippen LogP contribution in [0, 0.1) is 5.41 Å². The Bertz CT molecular complexity index is 121. The van der Waals surface area contributed by atoms with E-state index in [0.717, 1.165) is 6.54 Å². The average Bonchev–Trinajstić information content (AvgIpc) is 2.44. The lowest BCUT2D eigenvalue weighted by atomic mass is 10.1. The first kappa shape index (κ1) is 5.59. The number of hydrogen-bond donors (Lipinski definition) is 1. The van der Waals surface area contributed by atoms with Gasteiger partial charge in [-0.15, -0.1) is 0 Å². The van der Waals surface area contributed by atoms with Crippen LogP contribution < -0.4 is 5.32 Å². The summed E-state index contributed by atoms with van der Waals surface area (Å²) >= 11 is 0. The van der Waals surface area contributed by atoms with Gasteiger partial charge in [-0.05, 0) is 13.0 Å². The zero-order valence-electron chi connectivity index (χ0n) is 5.03. The van der Waals surface area contributed by atoms with E-state index in [2.05, 4.69) is 5.32 Å². The van der Waals surface area contributed by atoms with Crippen LogP contribution >= 0.6 is 0 Å². The topological polar surface area (TPSA) is 12.0 Å². The molecule has 0 bridgehead atoms. The van der Waals surface area contributed by atoms with Crippen molar-refractivity contribution >= 4 is 0 Å². The first-order valence-corrected chi connectivity index (χ1v) is 3.26. The number of rotatable bonds is 0. The lowest BCUT2D eigenvalue weighted by molar-refractivity contribution is 0.372. The molecule has 1 saturated carbocycles. The third kappa shape index (κ3) is 0.509. The van der Waals surface area contributed by atoms with E-state index in [1.54, 1.807) is 0 Å². The minimum Gasteiger partial charge on any atom is -0.316 e. The van der Waals surface area contributed by atoms with Crippen molar-refractivity contribution in [3.8, 4) is 0 Å². The van der Waals surface area contributed by atoms with Crippen LogP contribution in [0.4, 0.5) is 8.78 Å². The van der Waals surface area contributed by atoms with Gasteiger partial charge in [0, 0.05) is 6.54 Å². The third-order valence-electron chi connectivity index (χ3n) is 2.47. The molecule has 0 amide bonds. The maximum atomic E-state index is 12.4. The highest BCUT2D eigenvalue weighted by molar-refractivity contribution is 5.16. The van der Waals surface area contributed by atoms with Crippen LogP contribution in [-0.2, 0) is 0 Å². The molecule has 1 N–H and O–H groups in total. The van der Waals surface area contributed by atoms with E-state index in [9.17, 15) is 8.78 Å². The van der Waals surface area contributed by atoms with E-state index in [1.165, 1.54) is 0 Å². The van der Waals surface area contributed by atoms with Crippen LogP contribution in [0.15, 0.2) is 0 Å². The quantitative estimate of drug-likeness (QED) is 0.511. The van der Waals surface area contributed by atoms with Crippen LogP contribution in [0.25, 0.3) is 0 Å². The largest absolute Gasteiger partial charge is 0.316 e. The highest BCUT2D eigenvalue weighted by Gasteiger charge is 2.68. The van der Waals surface area contributed by atoms with Crippen molar-refractivity contribution in [1.29, 1.82) is 0 Å². The molecule has 1 nitrogen and oxygen atoms in total.